The summed E-state index contributed by atoms with van der Waals surface area (Å²) in [5, 5.41) is 0.248. The molecule has 1 aliphatic rings. The zero-order valence-electron chi connectivity index (χ0n) is 11.5. The van der Waals surface area contributed by atoms with Gasteiger partial charge < -0.3 is 4.90 Å². The first-order chi connectivity index (χ1) is 9.13. The Morgan fingerprint density at radius 1 is 1.21 bits per heavy atom. The minimum absolute atomic E-state index is 0.248. The number of nitrogens with zero attached hydrogens (tertiary/aromatic N) is 3. The quantitative estimate of drug-likeness (QED) is 0.484. The van der Waals surface area contributed by atoms with Crippen LogP contribution in [0.3, 0.4) is 0 Å². The van der Waals surface area contributed by atoms with Gasteiger partial charge in [0.2, 0.25) is 0 Å². The summed E-state index contributed by atoms with van der Waals surface area (Å²) in [5.41, 5.74) is 0.402. The van der Waals surface area contributed by atoms with E-state index in [0.717, 1.165) is 19.1 Å². The number of hydrogen-bond donors (Lipinski definition) is 0. The van der Waals surface area contributed by atoms with Crippen molar-refractivity contribution in [3.8, 4) is 0 Å². The average molecular weight is 282 g/mol. The van der Waals surface area contributed by atoms with Crippen LogP contribution in [0.5, 0.6) is 0 Å². The van der Waals surface area contributed by atoms with Crippen LogP contribution in [0, 0.1) is 6.92 Å². The molecular weight excluding hydrogens is 262 g/mol. The van der Waals surface area contributed by atoms with Crippen molar-refractivity contribution in [3.05, 3.63) is 16.5 Å². The first-order valence-corrected chi connectivity index (χ1v) is 7.23. The van der Waals surface area contributed by atoms with Gasteiger partial charge in [-0.15, -0.1) is 0 Å². The summed E-state index contributed by atoms with van der Waals surface area (Å²) in [6.07, 6.45) is 8.13. The minimum atomic E-state index is 0.248. The number of carbonyl (C=O) groups is 1. The molecule has 0 aromatic carbocycles. The number of hydrogen-bond acceptors (Lipinski definition) is 4. The largest absolute Gasteiger partial charge is 0.356 e. The Bertz CT molecular complexity index is 456. The molecule has 1 aliphatic carbocycles. The summed E-state index contributed by atoms with van der Waals surface area (Å²) in [4.78, 5) is 21.8. The van der Waals surface area contributed by atoms with Crippen molar-refractivity contribution in [2.24, 2.45) is 0 Å². The summed E-state index contributed by atoms with van der Waals surface area (Å²) in [5.74, 6) is 1.27. The number of aldehydes is 1. The van der Waals surface area contributed by atoms with Crippen molar-refractivity contribution in [3.63, 3.8) is 0 Å². The zero-order valence-corrected chi connectivity index (χ0v) is 12.3. The lowest BCUT2D eigenvalue weighted by molar-refractivity contribution is 0.112. The van der Waals surface area contributed by atoms with Gasteiger partial charge in [0.15, 0.2) is 6.29 Å². The maximum absolute atomic E-state index is 11.2. The van der Waals surface area contributed by atoms with E-state index in [1.54, 1.807) is 6.92 Å². The maximum atomic E-state index is 11.2. The van der Waals surface area contributed by atoms with Crippen LogP contribution in [0.1, 0.15) is 54.7 Å². The molecule has 0 amide bonds. The monoisotopic (exact) mass is 281 g/mol. The molecule has 0 saturated heterocycles. The molecule has 0 unspecified atom stereocenters. The van der Waals surface area contributed by atoms with Crippen molar-refractivity contribution < 1.29 is 4.79 Å². The first-order valence-electron chi connectivity index (χ1n) is 6.85. The van der Waals surface area contributed by atoms with Gasteiger partial charge >= 0.3 is 0 Å². The molecule has 0 N–H and O–H groups in total. The average Bonchev–Trinajstić information content (AvgIpc) is 2.66. The van der Waals surface area contributed by atoms with Crippen LogP contribution in [0.15, 0.2) is 0 Å². The lowest BCUT2D eigenvalue weighted by atomic mass is 10.1. The van der Waals surface area contributed by atoms with Crippen LogP contribution in [0.2, 0.25) is 5.15 Å². The predicted octanol–water partition coefficient (Wildman–Crippen LogP) is 3.41. The van der Waals surface area contributed by atoms with Crippen LogP contribution in [0.4, 0.5) is 5.82 Å². The highest BCUT2D eigenvalue weighted by Gasteiger charge is 2.22. The van der Waals surface area contributed by atoms with Crippen molar-refractivity contribution in [2.45, 2.75) is 51.5 Å². The van der Waals surface area contributed by atoms with Crippen molar-refractivity contribution in [1.29, 1.82) is 0 Å². The molecule has 2 rings (SSSR count). The van der Waals surface area contributed by atoms with E-state index in [4.69, 9.17) is 11.6 Å². The summed E-state index contributed by atoms with van der Waals surface area (Å²) in [7, 11) is 2.00. The third-order valence-electron chi connectivity index (χ3n) is 3.82. The molecular formula is C14H20ClN3O. The number of anilines is 1. The highest BCUT2D eigenvalue weighted by molar-refractivity contribution is 6.32. The number of aryl methyl sites for hydroxylation is 1. The lowest BCUT2D eigenvalue weighted by Crippen LogP contribution is -2.33. The molecule has 19 heavy (non-hydrogen) atoms. The van der Waals surface area contributed by atoms with Gasteiger partial charge in [-0.05, 0) is 19.8 Å². The van der Waals surface area contributed by atoms with Crippen LogP contribution in [-0.4, -0.2) is 29.3 Å². The van der Waals surface area contributed by atoms with E-state index in [1.807, 2.05) is 7.05 Å². The highest BCUT2D eigenvalue weighted by atomic mass is 35.5. The number of halogens is 1. The molecule has 0 radical (unpaired) electrons. The molecule has 0 spiro atoms. The van der Waals surface area contributed by atoms with Crippen LogP contribution in [-0.2, 0) is 0 Å². The molecule has 4 nitrogen and oxygen atoms in total. The van der Waals surface area contributed by atoms with Crippen molar-refractivity contribution >= 4 is 23.7 Å². The third-order valence-corrected chi connectivity index (χ3v) is 4.10. The van der Waals surface area contributed by atoms with Gasteiger partial charge in [-0.25, -0.2) is 9.97 Å². The molecule has 0 bridgehead atoms. The molecule has 1 fully saturated rings. The van der Waals surface area contributed by atoms with Gasteiger partial charge in [0.25, 0.3) is 0 Å². The molecule has 1 aromatic heterocycles. The van der Waals surface area contributed by atoms with Crippen LogP contribution in [0.25, 0.3) is 0 Å². The van der Waals surface area contributed by atoms with E-state index in [9.17, 15) is 4.79 Å². The second-order valence-electron chi connectivity index (χ2n) is 5.17. The molecule has 1 saturated carbocycles. The van der Waals surface area contributed by atoms with Crippen molar-refractivity contribution in [1.82, 2.24) is 9.97 Å². The van der Waals surface area contributed by atoms with Crippen LogP contribution >= 0.6 is 11.6 Å². The Kier molecular flexibility index (Phi) is 4.75. The van der Waals surface area contributed by atoms with Gasteiger partial charge in [-0.1, -0.05) is 37.3 Å². The topological polar surface area (TPSA) is 46.1 Å². The van der Waals surface area contributed by atoms with E-state index in [1.165, 1.54) is 25.7 Å². The van der Waals surface area contributed by atoms with Crippen LogP contribution < -0.4 is 4.90 Å². The maximum Gasteiger partial charge on any atom is 0.156 e. The number of rotatable bonds is 3. The zero-order chi connectivity index (χ0) is 13.8. The van der Waals surface area contributed by atoms with Gasteiger partial charge in [0.1, 0.15) is 16.8 Å². The molecule has 0 aliphatic heterocycles. The number of carbonyl (C=O) groups excluding carboxylic acids is 1. The van der Waals surface area contributed by atoms with E-state index in [2.05, 4.69) is 14.9 Å². The fraction of sp³-hybridized carbons (Fsp3) is 0.643. The Morgan fingerprint density at radius 2 is 1.84 bits per heavy atom. The Hall–Kier alpha value is -1.16. The summed E-state index contributed by atoms with van der Waals surface area (Å²) in [6.45, 7) is 1.80. The SMILES string of the molecule is Cc1nc(Cl)c(C=O)c(N(C)C2CCCCCC2)n1. The van der Waals surface area contributed by atoms with E-state index in [0.29, 0.717) is 23.2 Å². The molecule has 104 valence electrons. The highest BCUT2D eigenvalue weighted by Crippen LogP contribution is 2.28. The summed E-state index contributed by atoms with van der Waals surface area (Å²) >= 11 is 6.04. The van der Waals surface area contributed by atoms with Gasteiger partial charge in [-0.2, -0.15) is 0 Å². The van der Waals surface area contributed by atoms with E-state index >= 15 is 0 Å². The lowest BCUT2D eigenvalue weighted by Gasteiger charge is -2.29. The fourth-order valence-corrected chi connectivity index (χ4v) is 2.97. The Labute approximate surface area is 119 Å². The normalized spacial score (nSPS) is 17.0. The van der Waals surface area contributed by atoms with Gasteiger partial charge in [0.05, 0.1) is 5.56 Å². The second-order valence-corrected chi connectivity index (χ2v) is 5.53. The molecule has 1 heterocycles. The van der Waals surface area contributed by atoms with E-state index < -0.39 is 0 Å². The van der Waals surface area contributed by atoms with Crippen molar-refractivity contribution in [2.75, 3.05) is 11.9 Å². The van der Waals surface area contributed by atoms with Gasteiger partial charge in [0, 0.05) is 13.1 Å². The number of aromatic nitrogens is 2. The summed E-state index contributed by atoms with van der Waals surface area (Å²) < 4.78 is 0. The predicted molar refractivity (Wildman–Crippen MR) is 77.1 cm³/mol. The fourth-order valence-electron chi connectivity index (χ4n) is 2.72. The first kappa shape index (κ1) is 14.3. The molecule has 0 atom stereocenters. The Morgan fingerprint density at radius 3 is 2.42 bits per heavy atom. The Balaban J connectivity index is 2.31. The third kappa shape index (κ3) is 3.24. The van der Waals surface area contributed by atoms with Gasteiger partial charge in [-0.3, -0.25) is 4.79 Å². The molecule has 5 heteroatoms. The minimum Gasteiger partial charge on any atom is -0.356 e. The standard InChI is InChI=1S/C14H20ClN3O/c1-10-16-13(15)12(9-19)14(17-10)18(2)11-7-5-3-4-6-8-11/h9,11H,3-8H2,1-2H3. The second kappa shape index (κ2) is 6.33. The smallest absolute Gasteiger partial charge is 0.156 e. The van der Waals surface area contributed by atoms with E-state index in [-0.39, 0.29) is 5.15 Å². The molecule has 1 aromatic rings. The summed E-state index contributed by atoms with van der Waals surface area (Å²) in [6, 6.07) is 0.437.